The fourth-order valence-electron chi connectivity index (χ4n) is 4.04. The molecule has 3 nitrogen and oxygen atoms in total. The van der Waals surface area contributed by atoms with Gasteiger partial charge < -0.3 is 0 Å². The Morgan fingerprint density at radius 2 is 1.50 bits per heavy atom. The van der Waals surface area contributed by atoms with Crippen LogP contribution in [0, 0.1) is 6.92 Å². The first-order valence-electron chi connectivity index (χ1n) is 10.5. The van der Waals surface area contributed by atoms with Crippen LogP contribution in [0.15, 0.2) is 71.6 Å². The van der Waals surface area contributed by atoms with Crippen LogP contribution in [0.3, 0.4) is 0 Å². The molecule has 4 heteroatoms. The van der Waals surface area contributed by atoms with Gasteiger partial charge in [-0.25, -0.2) is 13.1 Å². The van der Waals surface area contributed by atoms with Crippen LogP contribution in [-0.2, 0) is 22.9 Å². The summed E-state index contributed by atoms with van der Waals surface area (Å²) < 4.78 is 28.8. The highest BCUT2D eigenvalue weighted by molar-refractivity contribution is 7.89. The van der Waals surface area contributed by atoms with E-state index < -0.39 is 10.0 Å². The van der Waals surface area contributed by atoms with Gasteiger partial charge in [0.05, 0.1) is 4.90 Å². The van der Waals surface area contributed by atoms with Gasteiger partial charge >= 0.3 is 0 Å². The molecule has 0 aliphatic heterocycles. The van der Waals surface area contributed by atoms with Gasteiger partial charge in [-0.05, 0) is 77.3 Å². The largest absolute Gasteiger partial charge is 0.241 e. The van der Waals surface area contributed by atoms with Crippen LogP contribution < -0.4 is 4.72 Å². The van der Waals surface area contributed by atoms with Crippen LogP contribution >= 0.6 is 0 Å². The zero-order valence-electron chi connectivity index (χ0n) is 17.5. The number of hydrogen-bond donors (Lipinski definition) is 1. The van der Waals surface area contributed by atoms with Crippen LogP contribution in [0.25, 0.3) is 11.6 Å². The summed E-state index contributed by atoms with van der Waals surface area (Å²) in [7, 11) is -3.58. The van der Waals surface area contributed by atoms with Crippen molar-refractivity contribution in [3.63, 3.8) is 0 Å². The number of fused-ring (bicyclic) bond motifs is 2. The van der Waals surface area contributed by atoms with Crippen molar-refractivity contribution in [1.29, 1.82) is 0 Å². The molecule has 4 rings (SSSR count). The zero-order chi connectivity index (χ0) is 21.1. The quantitative estimate of drug-likeness (QED) is 0.606. The molecule has 30 heavy (non-hydrogen) atoms. The summed E-state index contributed by atoms with van der Waals surface area (Å²) in [5, 5.41) is 0. The van der Waals surface area contributed by atoms with Gasteiger partial charge in [0.2, 0.25) is 10.0 Å². The van der Waals surface area contributed by atoms with Crippen molar-refractivity contribution in [2.24, 2.45) is 0 Å². The monoisotopic (exact) mass is 417 g/mol. The molecule has 0 saturated heterocycles. The Bertz CT molecular complexity index is 1160. The van der Waals surface area contributed by atoms with E-state index in [9.17, 15) is 8.42 Å². The Balaban J connectivity index is 1.95. The first-order valence-corrected chi connectivity index (χ1v) is 12.0. The van der Waals surface area contributed by atoms with E-state index >= 15 is 0 Å². The molecule has 0 amide bonds. The van der Waals surface area contributed by atoms with Crippen molar-refractivity contribution >= 4 is 21.7 Å². The topological polar surface area (TPSA) is 46.2 Å². The summed E-state index contributed by atoms with van der Waals surface area (Å²) in [5.74, 6) is 0. The molecule has 0 aromatic heterocycles. The van der Waals surface area contributed by atoms with Crippen molar-refractivity contribution in [1.82, 2.24) is 4.72 Å². The van der Waals surface area contributed by atoms with Crippen LogP contribution in [0.4, 0.5) is 0 Å². The Morgan fingerprint density at radius 1 is 0.900 bits per heavy atom. The number of nitrogens with one attached hydrogen (secondary N) is 1. The number of hydrogen-bond acceptors (Lipinski definition) is 2. The lowest BCUT2D eigenvalue weighted by molar-refractivity contribution is 0.580. The summed E-state index contributed by atoms with van der Waals surface area (Å²) >= 11 is 0. The van der Waals surface area contributed by atoms with Gasteiger partial charge in [0.15, 0.2) is 0 Å². The Hall–Kier alpha value is -2.69. The van der Waals surface area contributed by atoms with Crippen LogP contribution in [-0.4, -0.2) is 15.0 Å². The van der Waals surface area contributed by atoms with Gasteiger partial charge in [-0.2, -0.15) is 0 Å². The molecule has 0 fully saturated rings. The van der Waals surface area contributed by atoms with E-state index in [-0.39, 0.29) is 0 Å². The Morgan fingerprint density at radius 3 is 2.10 bits per heavy atom. The molecule has 0 spiro atoms. The molecule has 1 aliphatic rings. The van der Waals surface area contributed by atoms with Crippen molar-refractivity contribution in [2.75, 3.05) is 6.54 Å². The SMILES string of the molecule is CCCNS(=O)(=O)c1cc(C)ccc1C=C1c2ccccc2CCc2ccccc21. The minimum Gasteiger partial charge on any atom is -0.211 e. The van der Waals surface area contributed by atoms with Gasteiger partial charge in [-0.15, -0.1) is 0 Å². The van der Waals surface area contributed by atoms with Crippen molar-refractivity contribution in [3.05, 3.63) is 100 Å². The lowest BCUT2D eigenvalue weighted by Crippen LogP contribution is -2.25. The summed E-state index contributed by atoms with van der Waals surface area (Å²) in [6.07, 6.45) is 4.74. The maximum Gasteiger partial charge on any atom is 0.241 e. The zero-order valence-corrected chi connectivity index (χ0v) is 18.3. The van der Waals surface area contributed by atoms with Gasteiger partial charge in [-0.1, -0.05) is 67.6 Å². The van der Waals surface area contributed by atoms with Gasteiger partial charge in [-0.3, -0.25) is 0 Å². The van der Waals surface area contributed by atoms with Crippen molar-refractivity contribution in [3.8, 4) is 0 Å². The molecule has 0 bridgehead atoms. The molecule has 1 aliphatic carbocycles. The van der Waals surface area contributed by atoms with E-state index in [1.165, 1.54) is 22.3 Å². The highest BCUT2D eigenvalue weighted by Crippen LogP contribution is 2.35. The van der Waals surface area contributed by atoms with Gasteiger partial charge in [0.25, 0.3) is 0 Å². The third kappa shape index (κ3) is 4.11. The Kier molecular flexibility index (Phi) is 5.89. The second-order valence-corrected chi connectivity index (χ2v) is 9.55. The second kappa shape index (κ2) is 8.58. The predicted molar refractivity (Wildman–Crippen MR) is 124 cm³/mol. The summed E-state index contributed by atoms with van der Waals surface area (Å²) in [6.45, 7) is 4.31. The summed E-state index contributed by atoms with van der Waals surface area (Å²) in [4.78, 5) is 0.336. The molecule has 0 saturated carbocycles. The first-order chi connectivity index (χ1) is 14.5. The third-order valence-corrected chi connectivity index (χ3v) is 7.10. The smallest absolute Gasteiger partial charge is 0.211 e. The molecular weight excluding hydrogens is 390 g/mol. The minimum atomic E-state index is -3.58. The molecule has 154 valence electrons. The Labute approximate surface area is 179 Å². The second-order valence-electron chi connectivity index (χ2n) is 7.81. The normalized spacial score (nSPS) is 13.3. The molecule has 1 N–H and O–H groups in total. The molecule has 0 heterocycles. The molecule has 0 radical (unpaired) electrons. The fraction of sp³-hybridized carbons (Fsp3) is 0.231. The maximum atomic E-state index is 13.0. The van der Waals surface area contributed by atoms with Crippen LogP contribution in [0.5, 0.6) is 0 Å². The van der Waals surface area contributed by atoms with Gasteiger partial charge in [0.1, 0.15) is 0 Å². The third-order valence-electron chi connectivity index (χ3n) is 5.58. The van der Waals surface area contributed by atoms with Crippen molar-refractivity contribution in [2.45, 2.75) is 38.0 Å². The standard InChI is InChI=1S/C26H27NO2S/c1-3-16-27-30(28,29)26-17-19(2)12-13-22(26)18-25-23-10-6-4-8-20(23)14-15-21-9-5-7-11-24(21)25/h4-13,17-18,27H,3,14-16H2,1-2H3. The molecular formula is C26H27NO2S. The maximum absolute atomic E-state index is 13.0. The van der Waals surface area contributed by atoms with E-state index in [1.54, 1.807) is 6.07 Å². The summed E-state index contributed by atoms with van der Waals surface area (Å²) in [6, 6.07) is 22.5. The van der Waals surface area contributed by atoms with Gasteiger partial charge in [0, 0.05) is 6.54 Å². The predicted octanol–water partition coefficient (Wildman–Crippen LogP) is 5.37. The molecule has 0 atom stereocenters. The van der Waals surface area contributed by atoms with Crippen molar-refractivity contribution < 1.29 is 8.42 Å². The van der Waals surface area contributed by atoms with E-state index in [0.29, 0.717) is 17.0 Å². The lowest BCUT2D eigenvalue weighted by Gasteiger charge is -2.15. The van der Waals surface area contributed by atoms with E-state index in [1.807, 2.05) is 32.1 Å². The number of sulfonamides is 1. The number of benzene rings is 3. The minimum absolute atomic E-state index is 0.336. The van der Waals surface area contributed by atoms with E-state index in [0.717, 1.165) is 30.4 Å². The number of aryl methyl sites for hydroxylation is 3. The first kappa shape index (κ1) is 20.6. The van der Waals surface area contributed by atoms with E-state index in [4.69, 9.17) is 0 Å². The average molecular weight is 418 g/mol. The molecule has 0 unspecified atom stereocenters. The highest BCUT2D eigenvalue weighted by Gasteiger charge is 2.21. The summed E-state index contributed by atoms with van der Waals surface area (Å²) in [5.41, 5.74) is 7.65. The fourth-order valence-corrected chi connectivity index (χ4v) is 5.44. The average Bonchev–Trinajstić information content (AvgIpc) is 2.91. The molecule has 3 aromatic rings. The lowest BCUT2D eigenvalue weighted by atomic mass is 9.92. The van der Waals surface area contributed by atoms with Crippen LogP contribution in [0.1, 0.15) is 46.7 Å². The van der Waals surface area contributed by atoms with E-state index in [2.05, 4.69) is 53.3 Å². The number of rotatable bonds is 5. The molecule has 3 aromatic carbocycles. The van der Waals surface area contributed by atoms with Crippen LogP contribution in [0.2, 0.25) is 0 Å². The highest BCUT2D eigenvalue weighted by atomic mass is 32.2.